The third kappa shape index (κ3) is 5.20. The highest BCUT2D eigenvalue weighted by Crippen LogP contribution is 2.27. The van der Waals surface area contributed by atoms with Crippen molar-refractivity contribution in [3.8, 4) is 0 Å². The summed E-state index contributed by atoms with van der Waals surface area (Å²) in [5.74, 6) is -0.0780. The van der Waals surface area contributed by atoms with E-state index in [4.69, 9.17) is 9.15 Å². The Bertz CT molecular complexity index is 1040. The molecule has 1 atom stereocenters. The van der Waals surface area contributed by atoms with Crippen LogP contribution < -0.4 is 10.2 Å². The summed E-state index contributed by atoms with van der Waals surface area (Å²) < 4.78 is 11.0. The molecule has 0 unspecified atom stereocenters. The summed E-state index contributed by atoms with van der Waals surface area (Å²) in [4.78, 5) is 30.3. The molecule has 3 heterocycles. The number of nitrogens with zero attached hydrogens (tertiary/aromatic N) is 2. The van der Waals surface area contributed by atoms with Gasteiger partial charge >= 0.3 is 0 Å². The monoisotopic (exact) mass is 453 g/mol. The number of rotatable bonds is 8. The molecule has 1 aliphatic heterocycles. The fourth-order valence-electron chi connectivity index (χ4n) is 3.84. The fourth-order valence-corrected chi connectivity index (χ4v) is 4.53. The number of anilines is 2. The van der Waals surface area contributed by atoms with Gasteiger partial charge in [0.2, 0.25) is 0 Å². The van der Waals surface area contributed by atoms with Crippen LogP contribution in [0, 0.1) is 0 Å². The van der Waals surface area contributed by atoms with Gasteiger partial charge in [0, 0.05) is 45.2 Å². The number of carbonyl (C=O) groups is 2. The highest BCUT2D eigenvalue weighted by molar-refractivity contribution is 7.12. The second kappa shape index (κ2) is 10.0. The van der Waals surface area contributed by atoms with Crippen molar-refractivity contribution < 1.29 is 18.7 Å². The maximum atomic E-state index is 13.3. The van der Waals surface area contributed by atoms with Crippen LogP contribution in [0.25, 0.3) is 0 Å². The second-order valence-corrected chi connectivity index (χ2v) is 8.92. The average molecular weight is 454 g/mol. The third-order valence-corrected chi connectivity index (χ3v) is 6.25. The molecule has 1 aromatic carbocycles. The topological polar surface area (TPSA) is 75.0 Å². The molecule has 2 amide bonds. The molecule has 4 rings (SSSR count). The Hall–Kier alpha value is -3.10. The average Bonchev–Trinajstić information content (AvgIpc) is 3.56. The summed E-state index contributed by atoms with van der Waals surface area (Å²) in [5.41, 5.74) is 2.57. The van der Waals surface area contributed by atoms with Crippen molar-refractivity contribution in [1.82, 2.24) is 4.90 Å². The molecule has 1 fully saturated rings. The Labute approximate surface area is 191 Å². The molecule has 0 saturated carbocycles. The molecular weight excluding hydrogens is 426 g/mol. The lowest BCUT2D eigenvalue weighted by Gasteiger charge is -2.28. The molecule has 2 aromatic heterocycles. The molecule has 8 heteroatoms. The summed E-state index contributed by atoms with van der Waals surface area (Å²) in [6.45, 7) is 1.68. The number of thiophene rings is 1. The lowest BCUT2D eigenvalue weighted by molar-refractivity contribution is 0.0511. The number of nitrogens with one attached hydrogen (secondary N) is 1. The van der Waals surface area contributed by atoms with E-state index in [0.29, 0.717) is 23.7 Å². The number of benzene rings is 1. The van der Waals surface area contributed by atoms with E-state index in [0.717, 1.165) is 30.7 Å². The normalized spacial score (nSPS) is 15.5. The van der Waals surface area contributed by atoms with Crippen LogP contribution in [0.2, 0.25) is 0 Å². The smallest absolute Gasteiger partial charge is 0.291 e. The van der Waals surface area contributed by atoms with Gasteiger partial charge < -0.3 is 24.3 Å². The Morgan fingerprint density at radius 3 is 2.72 bits per heavy atom. The Kier molecular flexibility index (Phi) is 6.92. The molecule has 3 aromatic rings. The molecule has 32 heavy (non-hydrogen) atoms. The molecule has 0 spiro atoms. The summed E-state index contributed by atoms with van der Waals surface area (Å²) in [7, 11) is 3.93. The van der Waals surface area contributed by atoms with E-state index in [1.807, 2.05) is 59.6 Å². The van der Waals surface area contributed by atoms with Crippen LogP contribution in [0.5, 0.6) is 0 Å². The largest absolute Gasteiger partial charge is 0.459 e. The van der Waals surface area contributed by atoms with E-state index >= 15 is 0 Å². The molecule has 1 aliphatic rings. The lowest BCUT2D eigenvalue weighted by atomic mass is 10.1. The Morgan fingerprint density at radius 2 is 2.06 bits per heavy atom. The first-order valence-corrected chi connectivity index (χ1v) is 11.5. The quantitative estimate of drug-likeness (QED) is 0.544. The number of carbonyl (C=O) groups excluding carboxylic acids is 2. The van der Waals surface area contributed by atoms with Crippen molar-refractivity contribution in [3.05, 3.63) is 70.3 Å². The summed E-state index contributed by atoms with van der Waals surface area (Å²) in [6.07, 6.45) is 3.48. The highest BCUT2D eigenvalue weighted by Gasteiger charge is 2.25. The van der Waals surface area contributed by atoms with Crippen molar-refractivity contribution in [1.29, 1.82) is 0 Å². The first-order valence-electron chi connectivity index (χ1n) is 10.6. The van der Waals surface area contributed by atoms with Crippen LogP contribution in [0.4, 0.5) is 11.4 Å². The Morgan fingerprint density at radius 1 is 1.19 bits per heavy atom. The van der Waals surface area contributed by atoms with Crippen LogP contribution in [-0.4, -0.2) is 50.1 Å². The Balaban J connectivity index is 1.60. The van der Waals surface area contributed by atoms with Crippen LogP contribution in [0.1, 0.15) is 38.6 Å². The first kappa shape index (κ1) is 22.1. The zero-order valence-electron chi connectivity index (χ0n) is 18.2. The summed E-state index contributed by atoms with van der Waals surface area (Å²) >= 11 is 1.44. The van der Waals surface area contributed by atoms with Gasteiger partial charge in [0.1, 0.15) is 0 Å². The van der Waals surface area contributed by atoms with E-state index < -0.39 is 0 Å². The highest BCUT2D eigenvalue weighted by atomic mass is 32.1. The van der Waals surface area contributed by atoms with Gasteiger partial charge in [0.25, 0.3) is 11.8 Å². The number of hydrogen-bond acceptors (Lipinski definition) is 6. The van der Waals surface area contributed by atoms with Gasteiger partial charge in [-0.3, -0.25) is 9.59 Å². The van der Waals surface area contributed by atoms with E-state index in [9.17, 15) is 9.59 Å². The zero-order valence-corrected chi connectivity index (χ0v) is 19.1. The van der Waals surface area contributed by atoms with Gasteiger partial charge in [-0.15, -0.1) is 11.3 Å². The fraction of sp³-hybridized carbons (Fsp3) is 0.333. The third-order valence-electron chi connectivity index (χ3n) is 5.39. The minimum atomic E-state index is -0.315. The number of hydrogen-bond donors (Lipinski definition) is 1. The SMILES string of the molecule is CN(C)c1ccc(NC(=O)c2ccco2)cc1CN(C[C@H]1CCCO1)C(=O)c1cccs1. The van der Waals surface area contributed by atoms with Crippen LogP contribution >= 0.6 is 11.3 Å². The van der Waals surface area contributed by atoms with E-state index in [2.05, 4.69) is 5.32 Å². The van der Waals surface area contributed by atoms with E-state index in [-0.39, 0.29) is 23.7 Å². The lowest BCUT2D eigenvalue weighted by Crippen LogP contribution is -2.37. The number of amides is 2. The van der Waals surface area contributed by atoms with Gasteiger partial charge in [-0.2, -0.15) is 0 Å². The molecule has 168 valence electrons. The van der Waals surface area contributed by atoms with Gasteiger partial charge in [-0.1, -0.05) is 6.07 Å². The first-order chi connectivity index (χ1) is 15.5. The van der Waals surface area contributed by atoms with E-state index in [1.54, 1.807) is 12.1 Å². The molecule has 0 aliphatic carbocycles. The van der Waals surface area contributed by atoms with Crippen LogP contribution in [0.15, 0.2) is 58.5 Å². The van der Waals surface area contributed by atoms with Crippen molar-refractivity contribution >= 4 is 34.5 Å². The molecule has 7 nitrogen and oxygen atoms in total. The van der Waals surface area contributed by atoms with Crippen LogP contribution in [-0.2, 0) is 11.3 Å². The molecule has 0 bridgehead atoms. The van der Waals surface area contributed by atoms with Crippen LogP contribution in [0.3, 0.4) is 0 Å². The minimum Gasteiger partial charge on any atom is -0.459 e. The zero-order chi connectivity index (χ0) is 22.5. The maximum Gasteiger partial charge on any atom is 0.291 e. The predicted octanol–water partition coefficient (Wildman–Crippen LogP) is 4.48. The maximum absolute atomic E-state index is 13.3. The summed E-state index contributed by atoms with van der Waals surface area (Å²) in [6, 6.07) is 12.8. The molecule has 0 radical (unpaired) electrons. The standard InChI is InChI=1S/C24H27N3O4S/c1-26(2)20-10-9-18(25-23(28)21-7-4-12-31-21)14-17(20)15-27(16-19-6-3-11-30-19)24(29)22-8-5-13-32-22/h4-5,7-10,12-14,19H,3,6,11,15-16H2,1-2H3,(H,25,28)/t19-/m1/s1. The van der Waals surface area contributed by atoms with Crippen molar-refractivity contribution in [2.75, 3.05) is 37.5 Å². The molecular formula is C24H27N3O4S. The van der Waals surface area contributed by atoms with Crippen molar-refractivity contribution in [2.45, 2.75) is 25.5 Å². The van der Waals surface area contributed by atoms with Gasteiger partial charge in [-0.25, -0.2) is 0 Å². The predicted molar refractivity (Wildman–Crippen MR) is 125 cm³/mol. The molecule has 1 saturated heterocycles. The molecule has 1 N–H and O–H groups in total. The number of ether oxygens (including phenoxy) is 1. The number of furan rings is 1. The minimum absolute atomic E-state index is 0.00905. The van der Waals surface area contributed by atoms with Crippen molar-refractivity contribution in [2.24, 2.45) is 0 Å². The van der Waals surface area contributed by atoms with E-state index in [1.165, 1.54) is 17.6 Å². The van der Waals surface area contributed by atoms with Gasteiger partial charge in [0.15, 0.2) is 5.76 Å². The second-order valence-electron chi connectivity index (χ2n) is 7.97. The van der Waals surface area contributed by atoms with Gasteiger partial charge in [0.05, 0.1) is 17.2 Å². The van der Waals surface area contributed by atoms with Crippen molar-refractivity contribution in [3.63, 3.8) is 0 Å². The summed E-state index contributed by atoms with van der Waals surface area (Å²) in [5, 5.41) is 4.79. The van der Waals surface area contributed by atoms with Gasteiger partial charge in [-0.05, 0) is 60.2 Å².